The van der Waals surface area contributed by atoms with Crippen molar-refractivity contribution in [2.75, 3.05) is 33.4 Å². The predicted molar refractivity (Wildman–Crippen MR) is 127 cm³/mol. The third-order valence-corrected chi connectivity index (χ3v) is 6.79. The lowest BCUT2D eigenvalue weighted by molar-refractivity contribution is -0.0591. The molecule has 2 fully saturated rings. The van der Waals surface area contributed by atoms with E-state index in [1.54, 1.807) is 7.11 Å². The predicted octanol–water partition coefficient (Wildman–Crippen LogP) is 3.70. The van der Waals surface area contributed by atoms with Gasteiger partial charge in [0.1, 0.15) is 5.75 Å². The van der Waals surface area contributed by atoms with Crippen LogP contribution in [0, 0.1) is 0 Å². The zero-order valence-electron chi connectivity index (χ0n) is 19.3. The number of fused-ring (bicyclic) bond motifs is 1. The minimum absolute atomic E-state index is 0.0166. The van der Waals surface area contributed by atoms with Crippen molar-refractivity contribution in [1.82, 2.24) is 15.1 Å². The molecule has 0 spiro atoms. The minimum Gasteiger partial charge on any atom is -0.497 e. The smallest absolute Gasteiger partial charge is 0.317 e. The van der Waals surface area contributed by atoms with E-state index in [1.165, 1.54) is 5.56 Å². The van der Waals surface area contributed by atoms with Gasteiger partial charge in [0.15, 0.2) is 0 Å². The molecule has 0 aliphatic carbocycles. The van der Waals surface area contributed by atoms with Gasteiger partial charge in [-0.2, -0.15) is 0 Å². The van der Waals surface area contributed by atoms with Crippen LogP contribution < -0.4 is 10.1 Å². The Balaban J connectivity index is 1.53. The molecule has 0 aromatic heterocycles. The fraction of sp³-hybridized carbons (Fsp3) is 0.500. The van der Waals surface area contributed by atoms with Gasteiger partial charge in [0, 0.05) is 37.1 Å². The molecule has 2 saturated heterocycles. The fourth-order valence-corrected chi connectivity index (χ4v) is 5.14. The Labute approximate surface area is 191 Å². The van der Waals surface area contributed by atoms with Crippen molar-refractivity contribution in [3.63, 3.8) is 0 Å². The number of urea groups is 1. The summed E-state index contributed by atoms with van der Waals surface area (Å²) in [4.78, 5) is 17.1. The molecule has 172 valence electrons. The molecule has 32 heavy (non-hydrogen) atoms. The van der Waals surface area contributed by atoms with E-state index in [9.17, 15) is 9.90 Å². The van der Waals surface area contributed by atoms with E-state index in [0.717, 1.165) is 42.8 Å². The molecule has 6 nitrogen and oxygen atoms in total. The van der Waals surface area contributed by atoms with Gasteiger partial charge in [-0.1, -0.05) is 36.4 Å². The molecule has 2 aliphatic rings. The van der Waals surface area contributed by atoms with Crippen LogP contribution in [0.2, 0.25) is 0 Å². The van der Waals surface area contributed by atoms with Crippen LogP contribution in [-0.4, -0.2) is 72.4 Å². The van der Waals surface area contributed by atoms with Gasteiger partial charge in [-0.15, -0.1) is 0 Å². The third kappa shape index (κ3) is 4.62. The van der Waals surface area contributed by atoms with Crippen LogP contribution in [0.5, 0.6) is 5.75 Å². The van der Waals surface area contributed by atoms with Crippen LogP contribution in [0.3, 0.4) is 0 Å². The standard InChI is InChI=1S/C26H35N3O3/c1-18(2)27-26(31)28-14-4-5-15-29-23(16-28)25(24(29)17-30)21-8-6-19(7-9-21)20-10-12-22(32-3)13-11-20/h6-13,18,23-25,30H,4-5,14-17H2,1-3H3,(H,27,31)/t23-,24-,25+/m0/s1. The van der Waals surface area contributed by atoms with Crippen LogP contribution in [0.4, 0.5) is 4.79 Å². The van der Waals surface area contributed by atoms with Crippen molar-refractivity contribution in [3.05, 3.63) is 54.1 Å². The molecule has 2 heterocycles. The van der Waals surface area contributed by atoms with Gasteiger partial charge in [-0.3, -0.25) is 4.90 Å². The quantitative estimate of drug-likeness (QED) is 0.749. The maximum Gasteiger partial charge on any atom is 0.317 e. The first-order valence-corrected chi connectivity index (χ1v) is 11.7. The number of aliphatic hydroxyl groups excluding tert-OH is 1. The van der Waals surface area contributed by atoms with E-state index in [-0.39, 0.29) is 36.7 Å². The Morgan fingerprint density at radius 1 is 1.06 bits per heavy atom. The first-order valence-electron chi connectivity index (χ1n) is 11.7. The number of ether oxygens (including phenoxy) is 1. The Kier molecular flexibility index (Phi) is 7.01. The third-order valence-electron chi connectivity index (χ3n) is 6.79. The number of hydrogen-bond donors (Lipinski definition) is 2. The largest absolute Gasteiger partial charge is 0.497 e. The van der Waals surface area contributed by atoms with Crippen molar-refractivity contribution < 1.29 is 14.6 Å². The summed E-state index contributed by atoms with van der Waals surface area (Å²) in [6.45, 7) is 6.59. The number of rotatable bonds is 5. The molecular formula is C26H35N3O3. The minimum atomic E-state index is 0.0166. The van der Waals surface area contributed by atoms with Gasteiger partial charge in [-0.05, 0) is 62.1 Å². The summed E-state index contributed by atoms with van der Waals surface area (Å²) in [5, 5.41) is 13.2. The number of carbonyl (C=O) groups is 1. The Hall–Kier alpha value is -2.57. The molecule has 0 radical (unpaired) electrons. The van der Waals surface area contributed by atoms with Gasteiger partial charge in [-0.25, -0.2) is 4.79 Å². The molecule has 2 aromatic carbocycles. The molecule has 0 saturated carbocycles. The highest BCUT2D eigenvalue weighted by Gasteiger charge is 2.49. The second kappa shape index (κ2) is 9.92. The van der Waals surface area contributed by atoms with E-state index in [1.807, 2.05) is 30.9 Å². The summed E-state index contributed by atoms with van der Waals surface area (Å²) < 4.78 is 5.26. The maximum atomic E-state index is 12.7. The van der Waals surface area contributed by atoms with Crippen LogP contribution >= 0.6 is 0 Å². The number of hydrogen-bond acceptors (Lipinski definition) is 4. The van der Waals surface area contributed by atoms with Crippen molar-refractivity contribution in [2.24, 2.45) is 0 Å². The monoisotopic (exact) mass is 437 g/mol. The fourth-order valence-electron chi connectivity index (χ4n) is 5.14. The van der Waals surface area contributed by atoms with Gasteiger partial charge in [0.05, 0.1) is 13.7 Å². The highest BCUT2D eigenvalue weighted by Crippen LogP contribution is 2.42. The highest BCUT2D eigenvalue weighted by molar-refractivity contribution is 5.74. The molecule has 3 atom stereocenters. The van der Waals surface area contributed by atoms with Crippen molar-refractivity contribution in [1.29, 1.82) is 0 Å². The molecule has 4 rings (SSSR count). The average molecular weight is 438 g/mol. The molecular weight excluding hydrogens is 402 g/mol. The molecule has 0 bridgehead atoms. The summed E-state index contributed by atoms with van der Waals surface area (Å²) in [5.41, 5.74) is 3.53. The zero-order chi connectivity index (χ0) is 22.7. The summed E-state index contributed by atoms with van der Waals surface area (Å²) >= 11 is 0. The van der Waals surface area contributed by atoms with Crippen LogP contribution in [0.15, 0.2) is 48.5 Å². The molecule has 0 unspecified atom stereocenters. The van der Waals surface area contributed by atoms with E-state index < -0.39 is 0 Å². The number of nitrogens with one attached hydrogen (secondary N) is 1. The summed E-state index contributed by atoms with van der Waals surface area (Å²) in [7, 11) is 1.67. The summed E-state index contributed by atoms with van der Waals surface area (Å²) in [5.74, 6) is 1.07. The Morgan fingerprint density at radius 3 is 2.28 bits per heavy atom. The highest BCUT2D eigenvalue weighted by atomic mass is 16.5. The van der Waals surface area contributed by atoms with Gasteiger partial charge >= 0.3 is 6.03 Å². The van der Waals surface area contributed by atoms with Crippen LogP contribution in [-0.2, 0) is 0 Å². The lowest BCUT2D eigenvalue weighted by Crippen LogP contribution is -2.68. The number of methoxy groups -OCH3 is 1. The summed E-state index contributed by atoms with van der Waals surface area (Å²) in [6, 6.07) is 17.2. The van der Waals surface area contributed by atoms with Crippen LogP contribution in [0.25, 0.3) is 11.1 Å². The van der Waals surface area contributed by atoms with Crippen molar-refractivity contribution in [3.8, 4) is 16.9 Å². The van der Waals surface area contributed by atoms with E-state index >= 15 is 0 Å². The molecule has 2 aliphatic heterocycles. The normalized spacial score (nSPS) is 23.7. The molecule has 2 N–H and O–H groups in total. The SMILES string of the molecule is COc1ccc(-c2ccc([C@H]3[C@H](CO)N4CCCCN(C(=O)NC(C)C)C[C@@H]34)cc2)cc1. The molecule has 2 amide bonds. The number of carbonyl (C=O) groups excluding carboxylic acids is 1. The first kappa shape index (κ1) is 22.6. The van der Waals surface area contributed by atoms with Gasteiger partial charge in [0.25, 0.3) is 0 Å². The van der Waals surface area contributed by atoms with Gasteiger partial charge < -0.3 is 20.1 Å². The van der Waals surface area contributed by atoms with Crippen LogP contribution in [0.1, 0.15) is 38.2 Å². The summed E-state index contributed by atoms with van der Waals surface area (Å²) in [6.07, 6.45) is 2.04. The number of amides is 2. The van der Waals surface area contributed by atoms with Crippen molar-refractivity contribution in [2.45, 2.75) is 50.7 Å². The number of benzene rings is 2. The van der Waals surface area contributed by atoms with Crippen molar-refractivity contribution >= 4 is 6.03 Å². The second-order valence-corrected chi connectivity index (χ2v) is 9.19. The zero-order valence-corrected chi connectivity index (χ0v) is 19.3. The molecule has 6 heteroatoms. The molecule has 2 aromatic rings. The van der Waals surface area contributed by atoms with Gasteiger partial charge in [0.2, 0.25) is 0 Å². The average Bonchev–Trinajstić information content (AvgIpc) is 2.78. The van der Waals surface area contributed by atoms with E-state index in [4.69, 9.17) is 4.74 Å². The van der Waals surface area contributed by atoms with E-state index in [2.05, 4.69) is 46.6 Å². The Morgan fingerprint density at radius 2 is 1.69 bits per heavy atom. The topological polar surface area (TPSA) is 65.0 Å². The first-order chi connectivity index (χ1) is 15.5. The lowest BCUT2D eigenvalue weighted by atomic mass is 9.74. The van der Waals surface area contributed by atoms with E-state index in [0.29, 0.717) is 6.54 Å². The number of nitrogens with zero attached hydrogens (tertiary/aromatic N) is 2. The lowest BCUT2D eigenvalue weighted by Gasteiger charge is -2.57. The Bertz CT molecular complexity index is 898. The second-order valence-electron chi connectivity index (χ2n) is 9.19. The number of aliphatic hydroxyl groups is 1. The maximum absolute atomic E-state index is 12.7.